The van der Waals surface area contributed by atoms with E-state index in [1.807, 2.05) is 4.90 Å². The maximum atomic E-state index is 12.6. The van der Waals surface area contributed by atoms with Crippen molar-refractivity contribution in [3.8, 4) is 0 Å². The Hall–Kier alpha value is -1.60. The van der Waals surface area contributed by atoms with Crippen LogP contribution in [0.25, 0.3) is 0 Å². The zero-order valence-electron chi connectivity index (χ0n) is 14.2. The molecule has 0 aromatic heterocycles. The molecule has 2 aliphatic rings. The minimum Gasteiger partial charge on any atom is -0.336 e. The van der Waals surface area contributed by atoms with Gasteiger partial charge in [-0.3, -0.25) is 14.4 Å². The highest BCUT2D eigenvalue weighted by Gasteiger charge is 2.42. The number of hydrogen-bond acceptors (Lipinski definition) is 4. The lowest BCUT2D eigenvalue weighted by Gasteiger charge is -2.44. The van der Waals surface area contributed by atoms with E-state index in [1.54, 1.807) is 24.3 Å². The van der Waals surface area contributed by atoms with Crippen LogP contribution in [0.3, 0.4) is 0 Å². The summed E-state index contributed by atoms with van der Waals surface area (Å²) in [6, 6.07) is 6.57. The average molecular weight is 351 g/mol. The summed E-state index contributed by atoms with van der Waals surface area (Å²) in [5.74, 6) is 0.809. The molecule has 0 spiro atoms. The van der Waals surface area contributed by atoms with Crippen LogP contribution in [0.5, 0.6) is 0 Å². The van der Waals surface area contributed by atoms with Crippen molar-refractivity contribution in [1.29, 1.82) is 0 Å². The van der Waals surface area contributed by atoms with Crippen molar-refractivity contribution >= 4 is 22.5 Å². The minimum atomic E-state index is -2.68. The molecule has 1 amide bonds. The van der Waals surface area contributed by atoms with Gasteiger partial charge < -0.3 is 4.90 Å². The molecule has 7 heteroatoms. The summed E-state index contributed by atoms with van der Waals surface area (Å²) in [4.78, 5) is 17.0. The fourth-order valence-electron chi connectivity index (χ4n) is 3.51. The van der Waals surface area contributed by atoms with Crippen molar-refractivity contribution in [3.05, 3.63) is 29.8 Å². The molecule has 2 fully saturated rings. The van der Waals surface area contributed by atoms with Crippen LogP contribution < -0.4 is 4.72 Å². The van der Waals surface area contributed by atoms with Gasteiger partial charge in [-0.15, -0.1) is 0 Å². The second-order valence-corrected chi connectivity index (χ2v) is 7.89. The van der Waals surface area contributed by atoms with Crippen LogP contribution in [-0.4, -0.2) is 55.8 Å². The first-order valence-electron chi connectivity index (χ1n) is 8.43. The summed E-state index contributed by atoms with van der Waals surface area (Å²) >= 11 is 0. The third-order valence-electron chi connectivity index (χ3n) is 5.31. The minimum absolute atomic E-state index is 0.0111. The van der Waals surface area contributed by atoms with Crippen LogP contribution in [0.4, 0.5) is 5.69 Å². The van der Waals surface area contributed by atoms with Gasteiger partial charge in [-0.1, -0.05) is 0 Å². The van der Waals surface area contributed by atoms with E-state index < -0.39 is 10.9 Å². The quantitative estimate of drug-likeness (QED) is 0.790. The smallest absolute Gasteiger partial charge is 0.253 e. The van der Waals surface area contributed by atoms with Crippen LogP contribution in [0, 0.1) is 5.92 Å². The van der Waals surface area contributed by atoms with Gasteiger partial charge in [-0.05, 0) is 56.9 Å². The fraction of sp³-hybridized carbons (Fsp3) is 0.588. The Morgan fingerprint density at radius 2 is 1.67 bits per heavy atom. The van der Waals surface area contributed by atoms with Gasteiger partial charge in [0.25, 0.3) is 5.91 Å². The van der Waals surface area contributed by atoms with Crippen molar-refractivity contribution in [2.45, 2.75) is 32.2 Å². The Balaban J connectivity index is 1.58. The molecule has 0 radical (unpaired) electrons. The summed E-state index contributed by atoms with van der Waals surface area (Å²) in [5, 5.41) is 0. The highest BCUT2D eigenvalue weighted by atomic mass is 32.2. The highest BCUT2D eigenvalue weighted by molar-refractivity contribution is 7.73. The summed E-state index contributed by atoms with van der Waals surface area (Å²) < 4.78 is 23.6. The van der Waals surface area contributed by atoms with E-state index in [-0.39, 0.29) is 11.4 Å². The topological polar surface area (TPSA) is 69.7 Å². The largest absolute Gasteiger partial charge is 0.336 e. The number of anilines is 1. The number of benzene rings is 1. The molecule has 1 aromatic carbocycles. The number of thiol groups is 1. The number of hydrogen-bond donors (Lipinski definition) is 2. The first-order chi connectivity index (χ1) is 11.4. The zero-order valence-corrected chi connectivity index (χ0v) is 15.1. The molecule has 24 heavy (non-hydrogen) atoms. The fourth-order valence-corrected chi connectivity index (χ4v) is 3.87. The molecule has 1 saturated carbocycles. The summed E-state index contributed by atoms with van der Waals surface area (Å²) in [5.41, 5.74) is 1.30. The lowest BCUT2D eigenvalue weighted by molar-refractivity contribution is 0.0328. The van der Waals surface area contributed by atoms with Crippen LogP contribution in [0.15, 0.2) is 24.3 Å². The van der Waals surface area contributed by atoms with Crippen molar-refractivity contribution in [2.24, 2.45) is 5.92 Å². The zero-order chi connectivity index (χ0) is 17.3. The van der Waals surface area contributed by atoms with E-state index in [9.17, 15) is 13.2 Å². The normalized spacial score (nSPS) is 19.5. The number of rotatable bonds is 5. The molecular weight excluding hydrogens is 326 g/mol. The Labute approximate surface area is 144 Å². The van der Waals surface area contributed by atoms with E-state index in [0.29, 0.717) is 11.3 Å². The summed E-state index contributed by atoms with van der Waals surface area (Å²) in [6.45, 7) is 7.92. The van der Waals surface area contributed by atoms with E-state index in [0.717, 1.165) is 32.1 Å². The first-order valence-corrected chi connectivity index (χ1v) is 9.61. The lowest BCUT2D eigenvalue weighted by Crippen LogP contribution is -2.56. The average Bonchev–Trinajstić information content (AvgIpc) is 3.40. The van der Waals surface area contributed by atoms with Gasteiger partial charge >= 0.3 is 0 Å². The molecule has 1 saturated heterocycles. The Morgan fingerprint density at radius 1 is 1.08 bits per heavy atom. The lowest BCUT2D eigenvalue weighted by atomic mass is 9.95. The number of nitrogens with zero attached hydrogens (tertiary/aromatic N) is 2. The van der Waals surface area contributed by atoms with E-state index in [1.165, 1.54) is 12.8 Å². The molecule has 1 aliphatic heterocycles. The standard InChI is InChI=1S/C17H25N3O3S/c1-17(2,14-5-6-14)20-11-9-19(10-12-20)16(21)13-3-7-15(8-4-13)18-24(22)23/h3-4,7-8,14,24H,5-6,9-12H2,1-2H3,(H,18,22,23). The number of amides is 1. The van der Waals surface area contributed by atoms with Crippen LogP contribution in [0.2, 0.25) is 0 Å². The second-order valence-electron chi connectivity index (χ2n) is 7.15. The number of nitrogens with one attached hydrogen (secondary N) is 1. The van der Waals surface area contributed by atoms with Gasteiger partial charge in [0, 0.05) is 43.0 Å². The predicted molar refractivity (Wildman–Crippen MR) is 94.7 cm³/mol. The number of carbonyl (C=O) groups excluding carboxylic acids is 1. The Kier molecular flexibility index (Phi) is 4.83. The van der Waals surface area contributed by atoms with Crippen LogP contribution >= 0.6 is 0 Å². The molecule has 0 atom stereocenters. The third-order valence-corrected chi connectivity index (χ3v) is 5.75. The maximum absolute atomic E-state index is 12.6. The van der Waals surface area contributed by atoms with E-state index >= 15 is 0 Å². The molecule has 132 valence electrons. The third kappa shape index (κ3) is 3.72. The molecule has 0 bridgehead atoms. The van der Waals surface area contributed by atoms with Crippen molar-refractivity contribution in [2.75, 3.05) is 30.9 Å². The molecule has 3 rings (SSSR count). The maximum Gasteiger partial charge on any atom is 0.253 e. The van der Waals surface area contributed by atoms with Crippen molar-refractivity contribution in [1.82, 2.24) is 9.80 Å². The number of piperazine rings is 1. The first kappa shape index (κ1) is 17.2. The summed E-state index contributed by atoms with van der Waals surface area (Å²) in [7, 11) is -2.68. The molecule has 1 heterocycles. The SMILES string of the molecule is CC(C)(C1CC1)N1CCN(C(=O)c2ccc(N[SH](=O)=O)cc2)CC1. The Morgan fingerprint density at radius 3 is 2.17 bits per heavy atom. The highest BCUT2D eigenvalue weighted by Crippen LogP contribution is 2.43. The monoisotopic (exact) mass is 351 g/mol. The van der Waals surface area contributed by atoms with E-state index in [4.69, 9.17) is 0 Å². The van der Waals surface area contributed by atoms with Crippen molar-refractivity contribution < 1.29 is 13.2 Å². The second kappa shape index (κ2) is 6.72. The Bertz CT molecular complexity index is 665. The number of carbonyl (C=O) groups is 1. The molecule has 0 unspecified atom stereocenters. The van der Waals surface area contributed by atoms with Gasteiger partial charge in [-0.25, -0.2) is 8.42 Å². The van der Waals surface area contributed by atoms with Crippen LogP contribution in [-0.2, 0) is 10.9 Å². The molecular formula is C17H25N3O3S. The van der Waals surface area contributed by atoms with Gasteiger partial charge in [0.1, 0.15) is 0 Å². The molecule has 1 aromatic rings. The van der Waals surface area contributed by atoms with Gasteiger partial charge in [0.15, 0.2) is 0 Å². The van der Waals surface area contributed by atoms with Gasteiger partial charge in [-0.2, -0.15) is 0 Å². The molecule has 1 N–H and O–H groups in total. The molecule has 1 aliphatic carbocycles. The van der Waals surface area contributed by atoms with Gasteiger partial charge in [0.05, 0.1) is 0 Å². The predicted octanol–water partition coefficient (Wildman–Crippen LogP) is 1.57. The van der Waals surface area contributed by atoms with E-state index in [2.05, 4.69) is 23.5 Å². The summed E-state index contributed by atoms with van der Waals surface area (Å²) in [6.07, 6.45) is 2.64. The van der Waals surface area contributed by atoms with Crippen molar-refractivity contribution in [3.63, 3.8) is 0 Å². The van der Waals surface area contributed by atoms with Gasteiger partial charge in [0.2, 0.25) is 10.9 Å². The molecule has 6 nitrogen and oxygen atoms in total. The van der Waals surface area contributed by atoms with Crippen LogP contribution in [0.1, 0.15) is 37.0 Å².